The number of pyridine rings is 1. The molecule has 1 aliphatic rings. The first-order valence-corrected chi connectivity index (χ1v) is 7.98. The van der Waals surface area contributed by atoms with E-state index in [9.17, 15) is 14.9 Å². The Morgan fingerprint density at radius 2 is 1.88 bits per heavy atom. The molecule has 0 saturated carbocycles. The quantitative estimate of drug-likeness (QED) is 0.625. The Kier molecular flexibility index (Phi) is 4.82. The maximum atomic E-state index is 11.9. The Balaban J connectivity index is 1.64. The van der Waals surface area contributed by atoms with Crippen LogP contribution >= 0.6 is 11.6 Å². The summed E-state index contributed by atoms with van der Waals surface area (Å²) in [6.07, 6.45) is 1.30. The molecule has 1 aromatic carbocycles. The van der Waals surface area contributed by atoms with Crippen molar-refractivity contribution in [2.24, 2.45) is 0 Å². The number of rotatable bonds is 4. The molecule has 2 heterocycles. The zero-order chi connectivity index (χ0) is 17.1. The Bertz CT molecular complexity index is 800. The molecular weight excluding hydrogens is 332 g/mol. The molecule has 1 aliphatic heterocycles. The second kappa shape index (κ2) is 7.02. The van der Waals surface area contributed by atoms with Crippen LogP contribution in [-0.4, -0.2) is 40.6 Å². The highest BCUT2D eigenvalue weighted by Crippen LogP contribution is 2.20. The summed E-state index contributed by atoms with van der Waals surface area (Å²) in [6, 6.07) is 10.2. The first kappa shape index (κ1) is 16.5. The lowest BCUT2D eigenvalue weighted by molar-refractivity contribution is -0.385. The molecular formula is C16H17ClN4O3. The summed E-state index contributed by atoms with van der Waals surface area (Å²) < 4.78 is 1.38. The van der Waals surface area contributed by atoms with Crippen molar-refractivity contribution in [3.63, 3.8) is 0 Å². The lowest BCUT2D eigenvalue weighted by Crippen LogP contribution is -2.47. The van der Waals surface area contributed by atoms with E-state index in [0.717, 1.165) is 31.9 Å². The number of nitro groups is 1. The third-order valence-corrected chi connectivity index (χ3v) is 4.31. The third kappa shape index (κ3) is 3.74. The van der Waals surface area contributed by atoms with Crippen LogP contribution in [0.3, 0.4) is 0 Å². The van der Waals surface area contributed by atoms with Gasteiger partial charge in [-0.3, -0.25) is 24.4 Å². The van der Waals surface area contributed by atoms with Crippen LogP contribution in [0.4, 0.5) is 11.4 Å². The van der Waals surface area contributed by atoms with E-state index < -0.39 is 4.92 Å². The van der Waals surface area contributed by atoms with E-state index in [1.54, 1.807) is 0 Å². The molecule has 24 heavy (non-hydrogen) atoms. The highest BCUT2D eigenvalue weighted by Gasteiger charge is 2.18. The second-order valence-electron chi connectivity index (χ2n) is 5.68. The normalized spacial score (nSPS) is 15.5. The van der Waals surface area contributed by atoms with Gasteiger partial charge in [0, 0.05) is 49.0 Å². The molecule has 0 atom stereocenters. The minimum absolute atomic E-state index is 0.0767. The van der Waals surface area contributed by atoms with Gasteiger partial charge in [0.1, 0.15) is 0 Å². The molecule has 0 radical (unpaired) electrons. The standard InChI is InChI=1S/C16H17ClN4O3/c17-13-2-1-3-14(10-13)19-8-6-18(7-9-19)12-20-11-15(21(23)24)4-5-16(20)22/h1-5,10-11H,6-9,12H2. The molecule has 0 spiro atoms. The zero-order valence-corrected chi connectivity index (χ0v) is 13.7. The molecule has 126 valence electrons. The van der Waals surface area contributed by atoms with E-state index in [2.05, 4.69) is 9.80 Å². The van der Waals surface area contributed by atoms with Crippen LogP contribution in [0.15, 0.2) is 47.4 Å². The molecule has 3 rings (SSSR count). The summed E-state index contributed by atoms with van der Waals surface area (Å²) in [4.78, 5) is 26.6. The molecule has 1 saturated heterocycles. The smallest absolute Gasteiger partial charge is 0.285 e. The van der Waals surface area contributed by atoms with Crippen molar-refractivity contribution in [1.82, 2.24) is 9.47 Å². The fraction of sp³-hybridized carbons (Fsp3) is 0.312. The van der Waals surface area contributed by atoms with Crippen molar-refractivity contribution in [1.29, 1.82) is 0 Å². The average molecular weight is 349 g/mol. The van der Waals surface area contributed by atoms with Crippen LogP contribution in [0.25, 0.3) is 0 Å². The Morgan fingerprint density at radius 3 is 2.54 bits per heavy atom. The fourth-order valence-corrected chi connectivity index (χ4v) is 2.96. The average Bonchev–Trinajstić information content (AvgIpc) is 2.57. The number of piperazine rings is 1. The number of hydrogen-bond donors (Lipinski definition) is 0. The van der Waals surface area contributed by atoms with E-state index in [-0.39, 0.29) is 11.2 Å². The van der Waals surface area contributed by atoms with Crippen LogP contribution in [0.5, 0.6) is 0 Å². The van der Waals surface area contributed by atoms with Gasteiger partial charge in [-0.2, -0.15) is 0 Å². The second-order valence-corrected chi connectivity index (χ2v) is 6.12. The highest BCUT2D eigenvalue weighted by atomic mass is 35.5. The van der Waals surface area contributed by atoms with Crippen molar-refractivity contribution in [3.8, 4) is 0 Å². The van der Waals surface area contributed by atoms with Gasteiger partial charge in [-0.25, -0.2) is 0 Å². The summed E-state index contributed by atoms with van der Waals surface area (Å²) in [5, 5.41) is 11.5. The van der Waals surface area contributed by atoms with Gasteiger partial charge in [0.25, 0.3) is 11.2 Å². The van der Waals surface area contributed by atoms with Gasteiger partial charge in [-0.1, -0.05) is 17.7 Å². The molecule has 0 N–H and O–H groups in total. The van der Waals surface area contributed by atoms with Gasteiger partial charge < -0.3 is 4.90 Å². The number of aromatic nitrogens is 1. The van der Waals surface area contributed by atoms with Crippen molar-refractivity contribution >= 4 is 23.0 Å². The minimum Gasteiger partial charge on any atom is -0.369 e. The third-order valence-electron chi connectivity index (χ3n) is 4.08. The van der Waals surface area contributed by atoms with Gasteiger partial charge in [0.05, 0.1) is 17.8 Å². The van der Waals surface area contributed by atoms with E-state index >= 15 is 0 Å². The summed E-state index contributed by atoms with van der Waals surface area (Å²) in [5.74, 6) is 0. The molecule has 1 aromatic heterocycles. The van der Waals surface area contributed by atoms with Gasteiger partial charge in [0.2, 0.25) is 0 Å². The van der Waals surface area contributed by atoms with E-state index in [1.165, 1.54) is 22.9 Å². The van der Waals surface area contributed by atoms with Crippen LogP contribution in [0.2, 0.25) is 5.02 Å². The monoisotopic (exact) mass is 348 g/mol. The molecule has 1 fully saturated rings. The van der Waals surface area contributed by atoms with Crippen LogP contribution in [0.1, 0.15) is 0 Å². The number of benzene rings is 1. The number of halogens is 1. The molecule has 0 bridgehead atoms. The van der Waals surface area contributed by atoms with Gasteiger partial charge in [-0.15, -0.1) is 0 Å². The zero-order valence-electron chi connectivity index (χ0n) is 13.0. The van der Waals surface area contributed by atoms with Crippen LogP contribution < -0.4 is 10.5 Å². The summed E-state index contributed by atoms with van der Waals surface area (Å²) >= 11 is 6.03. The first-order chi connectivity index (χ1) is 11.5. The largest absolute Gasteiger partial charge is 0.369 e. The van der Waals surface area contributed by atoms with E-state index in [1.807, 2.05) is 24.3 Å². The summed E-state index contributed by atoms with van der Waals surface area (Å²) in [7, 11) is 0. The van der Waals surface area contributed by atoms with Crippen molar-refractivity contribution in [3.05, 3.63) is 68.1 Å². The topological polar surface area (TPSA) is 71.6 Å². The lowest BCUT2D eigenvalue weighted by atomic mass is 10.2. The molecule has 2 aromatic rings. The van der Waals surface area contributed by atoms with Crippen molar-refractivity contribution < 1.29 is 4.92 Å². The predicted octanol–water partition coefficient (Wildman–Crippen LogP) is 2.19. The van der Waals surface area contributed by atoms with Gasteiger partial charge >= 0.3 is 0 Å². The molecule has 0 aliphatic carbocycles. The van der Waals surface area contributed by atoms with E-state index in [0.29, 0.717) is 11.7 Å². The lowest BCUT2D eigenvalue weighted by Gasteiger charge is -2.36. The Morgan fingerprint density at radius 1 is 1.12 bits per heavy atom. The van der Waals surface area contributed by atoms with Gasteiger partial charge in [0.15, 0.2) is 0 Å². The van der Waals surface area contributed by atoms with Crippen molar-refractivity contribution in [2.45, 2.75) is 6.67 Å². The molecule has 7 nitrogen and oxygen atoms in total. The minimum atomic E-state index is -0.493. The number of anilines is 1. The summed E-state index contributed by atoms with van der Waals surface area (Å²) in [5.41, 5.74) is 0.764. The van der Waals surface area contributed by atoms with Crippen LogP contribution in [0, 0.1) is 10.1 Å². The molecule has 8 heteroatoms. The number of nitrogens with zero attached hydrogens (tertiary/aromatic N) is 4. The molecule has 0 amide bonds. The van der Waals surface area contributed by atoms with Crippen LogP contribution in [-0.2, 0) is 6.67 Å². The maximum absolute atomic E-state index is 11.9. The molecule has 0 unspecified atom stereocenters. The highest BCUT2D eigenvalue weighted by molar-refractivity contribution is 6.30. The predicted molar refractivity (Wildman–Crippen MR) is 92.6 cm³/mol. The van der Waals surface area contributed by atoms with E-state index in [4.69, 9.17) is 11.6 Å². The number of hydrogen-bond acceptors (Lipinski definition) is 5. The Hall–Kier alpha value is -2.38. The SMILES string of the molecule is O=c1ccc([N+](=O)[O-])cn1CN1CCN(c2cccc(Cl)c2)CC1. The maximum Gasteiger partial charge on any atom is 0.285 e. The summed E-state index contributed by atoms with van der Waals surface area (Å²) in [6.45, 7) is 3.50. The fourth-order valence-electron chi connectivity index (χ4n) is 2.77. The van der Waals surface area contributed by atoms with Crippen molar-refractivity contribution in [2.75, 3.05) is 31.1 Å². The Labute approximate surface area is 143 Å². The van der Waals surface area contributed by atoms with Gasteiger partial charge in [-0.05, 0) is 18.2 Å². The first-order valence-electron chi connectivity index (χ1n) is 7.61.